The van der Waals surface area contributed by atoms with Crippen molar-refractivity contribution in [3.05, 3.63) is 0 Å². The third-order valence-corrected chi connectivity index (χ3v) is 2.48. The molecule has 1 heterocycles. The second-order valence-corrected chi connectivity index (χ2v) is 4.63. The second-order valence-electron chi connectivity index (χ2n) is 4.63. The number of guanidine groups is 1. The number of rotatable bonds is 5. The zero-order chi connectivity index (χ0) is 11.8. The van der Waals surface area contributed by atoms with Crippen LogP contribution in [-0.2, 0) is 4.74 Å². The summed E-state index contributed by atoms with van der Waals surface area (Å²) in [6.07, 6.45) is 2.71. The molecule has 16 heavy (non-hydrogen) atoms. The van der Waals surface area contributed by atoms with Crippen LogP contribution in [0.2, 0.25) is 0 Å². The Morgan fingerprint density at radius 3 is 2.81 bits per heavy atom. The van der Waals surface area contributed by atoms with Crippen LogP contribution in [0.25, 0.3) is 0 Å². The SMILES string of the molecule is CCNC(=NCC(C)C)NCC1CCCO1. The number of hydrogen-bond donors (Lipinski definition) is 2. The maximum atomic E-state index is 5.56. The molecule has 0 aromatic carbocycles. The van der Waals surface area contributed by atoms with E-state index in [0.29, 0.717) is 12.0 Å². The van der Waals surface area contributed by atoms with Crippen LogP contribution in [0.5, 0.6) is 0 Å². The van der Waals surface area contributed by atoms with Crippen LogP contribution in [0.1, 0.15) is 33.6 Å². The van der Waals surface area contributed by atoms with E-state index < -0.39 is 0 Å². The molecule has 0 amide bonds. The highest BCUT2D eigenvalue weighted by Gasteiger charge is 2.15. The van der Waals surface area contributed by atoms with Gasteiger partial charge in [0, 0.05) is 26.2 Å². The van der Waals surface area contributed by atoms with Crippen molar-refractivity contribution in [2.24, 2.45) is 10.9 Å². The lowest BCUT2D eigenvalue weighted by Crippen LogP contribution is -2.41. The van der Waals surface area contributed by atoms with E-state index >= 15 is 0 Å². The van der Waals surface area contributed by atoms with E-state index in [0.717, 1.165) is 38.6 Å². The lowest BCUT2D eigenvalue weighted by molar-refractivity contribution is 0.114. The molecule has 2 N–H and O–H groups in total. The quantitative estimate of drug-likeness (QED) is 0.551. The van der Waals surface area contributed by atoms with Gasteiger partial charge in [0.1, 0.15) is 0 Å². The zero-order valence-electron chi connectivity index (χ0n) is 10.8. The van der Waals surface area contributed by atoms with Crippen molar-refractivity contribution in [3.63, 3.8) is 0 Å². The Morgan fingerprint density at radius 1 is 1.44 bits per heavy atom. The minimum atomic E-state index is 0.364. The maximum Gasteiger partial charge on any atom is 0.191 e. The summed E-state index contributed by atoms with van der Waals surface area (Å²) in [5, 5.41) is 6.58. The van der Waals surface area contributed by atoms with E-state index in [4.69, 9.17) is 4.74 Å². The monoisotopic (exact) mass is 227 g/mol. The first-order chi connectivity index (χ1) is 7.72. The summed E-state index contributed by atoms with van der Waals surface area (Å²) in [6, 6.07) is 0. The molecule has 1 fully saturated rings. The fourth-order valence-electron chi connectivity index (χ4n) is 1.63. The molecular formula is C12H25N3O. The van der Waals surface area contributed by atoms with Crippen LogP contribution < -0.4 is 10.6 Å². The normalized spacial score (nSPS) is 21.5. The van der Waals surface area contributed by atoms with Gasteiger partial charge >= 0.3 is 0 Å². The third-order valence-electron chi connectivity index (χ3n) is 2.48. The van der Waals surface area contributed by atoms with Crippen molar-refractivity contribution >= 4 is 5.96 Å². The van der Waals surface area contributed by atoms with Gasteiger partial charge in [-0.05, 0) is 25.7 Å². The molecule has 1 aliphatic rings. The van der Waals surface area contributed by atoms with E-state index in [1.807, 2.05) is 0 Å². The Bertz CT molecular complexity index is 210. The average Bonchev–Trinajstić information content (AvgIpc) is 2.75. The number of ether oxygens (including phenoxy) is 1. The van der Waals surface area contributed by atoms with Gasteiger partial charge in [-0.2, -0.15) is 0 Å². The van der Waals surface area contributed by atoms with E-state index in [1.54, 1.807) is 0 Å². The molecule has 0 spiro atoms. The predicted octanol–water partition coefficient (Wildman–Crippen LogP) is 1.38. The molecule has 0 aromatic heterocycles. The molecule has 0 aliphatic carbocycles. The number of aliphatic imine (C=N–C) groups is 1. The van der Waals surface area contributed by atoms with Crippen molar-refractivity contribution in [3.8, 4) is 0 Å². The maximum absolute atomic E-state index is 5.56. The van der Waals surface area contributed by atoms with Crippen molar-refractivity contribution in [2.45, 2.75) is 39.7 Å². The van der Waals surface area contributed by atoms with Crippen LogP contribution >= 0.6 is 0 Å². The molecule has 1 unspecified atom stereocenters. The van der Waals surface area contributed by atoms with E-state index in [9.17, 15) is 0 Å². The van der Waals surface area contributed by atoms with Gasteiger partial charge in [0.2, 0.25) is 0 Å². The molecule has 0 saturated carbocycles. The van der Waals surface area contributed by atoms with Gasteiger partial charge in [0.15, 0.2) is 5.96 Å². The summed E-state index contributed by atoms with van der Waals surface area (Å²) in [6.45, 7) is 9.96. The van der Waals surface area contributed by atoms with E-state index in [1.165, 1.54) is 6.42 Å². The molecule has 4 heteroatoms. The van der Waals surface area contributed by atoms with Gasteiger partial charge in [0.05, 0.1) is 6.10 Å². The van der Waals surface area contributed by atoms with Crippen LogP contribution in [-0.4, -0.2) is 38.3 Å². The first-order valence-corrected chi connectivity index (χ1v) is 6.36. The minimum absolute atomic E-state index is 0.364. The van der Waals surface area contributed by atoms with Crippen LogP contribution in [0.4, 0.5) is 0 Å². The topological polar surface area (TPSA) is 45.7 Å². The Kier molecular flexibility index (Phi) is 6.23. The average molecular weight is 227 g/mol. The van der Waals surface area contributed by atoms with Crippen molar-refractivity contribution in [1.29, 1.82) is 0 Å². The zero-order valence-corrected chi connectivity index (χ0v) is 10.8. The lowest BCUT2D eigenvalue weighted by atomic mass is 10.2. The van der Waals surface area contributed by atoms with E-state index in [-0.39, 0.29) is 0 Å². The Morgan fingerprint density at radius 2 is 2.25 bits per heavy atom. The summed E-state index contributed by atoms with van der Waals surface area (Å²) < 4.78 is 5.56. The molecule has 0 bridgehead atoms. The fourth-order valence-corrected chi connectivity index (χ4v) is 1.63. The highest BCUT2D eigenvalue weighted by atomic mass is 16.5. The number of nitrogens with one attached hydrogen (secondary N) is 2. The van der Waals surface area contributed by atoms with Crippen LogP contribution in [0.3, 0.4) is 0 Å². The van der Waals surface area contributed by atoms with Gasteiger partial charge in [0.25, 0.3) is 0 Å². The summed E-state index contributed by atoms with van der Waals surface area (Å²) in [5.41, 5.74) is 0. The molecular weight excluding hydrogens is 202 g/mol. The van der Waals surface area contributed by atoms with Crippen molar-refractivity contribution in [2.75, 3.05) is 26.2 Å². The van der Waals surface area contributed by atoms with Gasteiger partial charge < -0.3 is 15.4 Å². The third kappa shape index (κ3) is 5.35. The first-order valence-electron chi connectivity index (χ1n) is 6.36. The summed E-state index contributed by atoms with van der Waals surface area (Å²) >= 11 is 0. The standard InChI is InChI=1S/C12H25N3O/c1-4-13-12(14-8-10(2)3)15-9-11-6-5-7-16-11/h10-11H,4-9H2,1-3H3,(H2,13,14,15). The molecule has 1 saturated heterocycles. The highest BCUT2D eigenvalue weighted by Crippen LogP contribution is 2.10. The van der Waals surface area contributed by atoms with E-state index in [2.05, 4.69) is 36.4 Å². The van der Waals surface area contributed by atoms with Gasteiger partial charge in [-0.15, -0.1) is 0 Å². The Hall–Kier alpha value is -0.770. The molecule has 0 radical (unpaired) electrons. The molecule has 1 rings (SSSR count). The number of nitrogens with zero attached hydrogens (tertiary/aromatic N) is 1. The predicted molar refractivity (Wildman–Crippen MR) is 67.8 cm³/mol. The van der Waals surface area contributed by atoms with Gasteiger partial charge in [-0.1, -0.05) is 13.8 Å². The Labute approximate surface area is 98.9 Å². The highest BCUT2D eigenvalue weighted by molar-refractivity contribution is 5.79. The smallest absolute Gasteiger partial charge is 0.191 e. The Balaban J connectivity index is 2.28. The molecule has 94 valence electrons. The molecule has 1 atom stereocenters. The minimum Gasteiger partial charge on any atom is -0.376 e. The van der Waals surface area contributed by atoms with Crippen molar-refractivity contribution in [1.82, 2.24) is 10.6 Å². The number of hydrogen-bond acceptors (Lipinski definition) is 2. The summed E-state index contributed by atoms with van der Waals surface area (Å²) in [4.78, 5) is 4.51. The second kappa shape index (κ2) is 7.49. The van der Waals surface area contributed by atoms with Crippen LogP contribution in [0, 0.1) is 5.92 Å². The largest absolute Gasteiger partial charge is 0.376 e. The van der Waals surface area contributed by atoms with Gasteiger partial charge in [-0.3, -0.25) is 4.99 Å². The van der Waals surface area contributed by atoms with Gasteiger partial charge in [-0.25, -0.2) is 0 Å². The fraction of sp³-hybridized carbons (Fsp3) is 0.917. The molecule has 1 aliphatic heterocycles. The summed E-state index contributed by atoms with van der Waals surface area (Å²) in [5.74, 6) is 1.50. The molecule has 0 aromatic rings. The molecule has 4 nitrogen and oxygen atoms in total. The first kappa shape index (κ1) is 13.3. The summed E-state index contributed by atoms with van der Waals surface area (Å²) in [7, 11) is 0. The lowest BCUT2D eigenvalue weighted by Gasteiger charge is -2.15. The van der Waals surface area contributed by atoms with Crippen LogP contribution in [0.15, 0.2) is 4.99 Å². The van der Waals surface area contributed by atoms with Crippen molar-refractivity contribution < 1.29 is 4.74 Å².